The Kier molecular flexibility index (Phi) is 6.07. The first-order valence-electron chi connectivity index (χ1n) is 8.14. The quantitative estimate of drug-likeness (QED) is 0.791. The minimum atomic E-state index is 0.0277. The van der Waals surface area contributed by atoms with Crippen LogP contribution in [0.3, 0.4) is 0 Å². The van der Waals surface area contributed by atoms with Gasteiger partial charge in [0.15, 0.2) is 0 Å². The summed E-state index contributed by atoms with van der Waals surface area (Å²) in [4.78, 5) is 0. The summed E-state index contributed by atoms with van der Waals surface area (Å²) >= 11 is 0. The van der Waals surface area contributed by atoms with E-state index in [2.05, 4.69) is 50.4 Å². The topological polar surface area (TPSA) is 30.5 Å². The summed E-state index contributed by atoms with van der Waals surface area (Å²) in [5.41, 5.74) is 1.31. The minimum absolute atomic E-state index is 0.0277. The van der Waals surface area contributed by atoms with Crippen molar-refractivity contribution in [3.05, 3.63) is 29.8 Å². The van der Waals surface area contributed by atoms with E-state index in [0.29, 0.717) is 5.92 Å². The van der Waals surface area contributed by atoms with E-state index in [1.165, 1.54) is 12.0 Å². The summed E-state index contributed by atoms with van der Waals surface area (Å²) in [6.45, 7) is 10.1. The molecule has 0 aliphatic carbocycles. The molecular formula is C18H29NO2. The Morgan fingerprint density at radius 1 is 1.29 bits per heavy atom. The number of rotatable bonds is 8. The zero-order chi connectivity index (χ0) is 15.1. The van der Waals surface area contributed by atoms with Crippen LogP contribution in [0.1, 0.15) is 45.6 Å². The molecule has 1 aromatic carbocycles. The lowest BCUT2D eigenvalue weighted by molar-refractivity contribution is 0.0207. The van der Waals surface area contributed by atoms with Gasteiger partial charge >= 0.3 is 0 Å². The maximum absolute atomic E-state index is 5.78. The molecular weight excluding hydrogens is 262 g/mol. The van der Waals surface area contributed by atoms with Crippen molar-refractivity contribution in [1.29, 1.82) is 0 Å². The smallest absolute Gasteiger partial charge is 0.119 e. The van der Waals surface area contributed by atoms with E-state index in [0.717, 1.165) is 44.9 Å². The van der Waals surface area contributed by atoms with Gasteiger partial charge in [-0.05, 0) is 49.8 Å². The molecule has 0 amide bonds. The van der Waals surface area contributed by atoms with Crippen molar-refractivity contribution < 1.29 is 9.47 Å². The van der Waals surface area contributed by atoms with Gasteiger partial charge in [0.25, 0.3) is 0 Å². The first-order valence-corrected chi connectivity index (χ1v) is 8.14. The predicted molar refractivity (Wildman–Crippen MR) is 86.7 cm³/mol. The van der Waals surface area contributed by atoms with Crippen molar-refractivity contribution >= 4 is 0 Å². The fourth-order valence-electron chi connectivity index (χ4n) is 2.56. The van der Waals surface area contributed by atoms with Crippen LogP contribution in [-0.4, -0.2) is 25.4 Å². The van der Waals surface area contributed by atoms with Gasteiger partial charge in [-0.3, -0.25) is 0 Å². The molecule has 21 heavy (non-hydrogen) atoms. The van der Waals surface area contributed by atoms with E-state index >= 15 is 0 Å². The number of nitrogens with one attached hydrogen (secondary N) is 1. The van der Waals surface area contributed by atoms with Crippen molar-refractivity contribution in [2.45, 2.75) is 52.2 Å². The molecule has 1 N–H and O–H groups in total. The fraction of sp³-hybridized carbons (Fsp3) is 0.667. The van der Waals surface area contributed by atoms with Crippen molar-refractivity contribution in [3.8, 4) is 5.75 Å². The summed E-state index contributed by atoms with van der Waals surface area (Å²) < 4.78 is 11.5. The molecule has 0 aromatic heterocycles. The summed E-state index contributed by atoms with van der Waals surface area (Å²) in [7, 11) is 0. The second kappa shape index (κ2) is 7.81. The van der Waals surface area contributed by atoms with Crippen molar-refractivity contribution in [2.24, 2.45) is 5.92 Å². The maximum atomic E-state index is 5.78. The standard InChI is InChI=1S/C18H29NO2/c1-15(2)9-12-20-17-7-5-16(6-8-17)13-19-14-18(3)10-4-11-21-18/h5-8,15,19H,4,9-14H2,1-3H3. The molecule has 118 valence electrons. The van der Waals surface area contributed by atoms with E-state index in [9.17, 15) is 0 Å². The SMILES string of the molecule is CC(C)CCOc1ccc(CNCC2(C)CCCO2)cc1. The highest BCUT2D eigenvalue weighted by atomic mass is 16.5. The Hall–Kier alpha value is -1.06. The highest BCUT2D eigenvalue weighted by Crippen LogP contribution is 2.24. The van der Waals surface area contributed by atoms with Gasteiger partial charge in [0, 0.05) is 19.7 Å². The van der Waals surface area contributed by atoms with E-state index in [1.54, 1.807) is 0 Å². The molecule has 3 nitrogen and oxygen atoms in total. The third-order valence-corrected chi connectivity index (χ3v) is 4.02. The number of hydrogen-bond donors (Lipinski definition) is 1. The van der Waals surface area contributed by atoms with Gasteiger partial charge in [-0.15, -0.1) is 0 Å². The van der Waals surface area contributed by atoms with Crippen LogP contribution in [0.2, 0.25) is 0 Å². The molecule has 1 saturated heterocycles. The zero-order valence-corrected chi connectivity index (χ0v) is 13.7. The second-order valence-electron chi connectivity index (χ2n) is 6.68. The predicted octanol–water partition coefficient (Wildman–Crippen LogP) is 3.77. The molecule has 0 saturated carbocycles. The van der Waals surface area contributed by atoms with Gasteiger partial charge in [0.05, 0.1) is 12.2 Å². The largest absolute Gasteiger partial charge is 0.494 e. The van der Waals surface area contributed by atoms with Crippen LogP contribution in [0, 0.1) is 5.92 Å². The van der Waals surface area contributed by atoms with E-state index in [4.69, 9.17) is 9.47 Å². The van der Waals surface area contributed by atoms with E-state index in [1.807, 2.05) is 0 Å². The molecule has 1 aliphatic heterocycles. The Morgan fingerprint density at radius 3 is 2.67 bits per heavy atom. The number of benzene rings is 1. The molecule has 0 bridgehead atoms. The molecule has 1 atom stereocenters. The summed E-state index contributed by atoms with van der Waals surface area (Å²) in [5.74, 6) is 1.65. The highest BCUT2D eigenvalue weighted by molar-refractivity contribution is 5.27. The van der Waals surface area contributed by atoms with E-state index < -0.39 is 0 Å². The third-order valence-electron chi connectivity index (χ3n) is 4.02. The molecule has 1 heterocycles. The maximum Gasteiger partial charge on any atom is 0.119 e. The van der Waals surface area contributed by atoms with Crippen LogP contribution in [-0.2, 0) is 11.3 Å². The fourth-order valence-corrected chi connectivity index (χ4v) is 2.56. The molecule has 0 radical (unpaired) electrons. The summed E-state index contributed by atoms with van der Waals surface area (Å²) in [5, 5.41) is 3.50. The van der Waals surface area contributed by atoms with Crippen LogP contribution in [0.5, 0.6) is 5.75 Å². The lowest BCUT2D eigenvalue weighted by Crippen LogP contribution is -2.36. The van der Waals surface area contributed by atoms with Gasteiger partial charge in [-0.25, -0.2) is 0 Å². The summed E-state index contributed by atoms with van der Waals surface area (Å²) in [6.07, 6.45) is 3.44. The van der Waals surface area contributed by atoms with Gasteiger partial charge in [0.2, 0.25) is 0 Å². The molecule has 2 rings (SSSR count). The molecule has 3 heteroatoms. The Bertz CT molecular complexity index is 408. The van der Waals surface area contributed by atoms with E-state index in [-0.39, 0.29) is 5.60 Å². The van der Waals surface area contributed by atoms with Gasteiger partial charge in [-0.1, -0.05) is 26.0 Å². The Morgan fingerprint density at radius 2 is 2.05 bits per heavy atom. The molecule has 1 aliphatic rings. The van der Waals surface area contributed by atoms with Crippen molar-refractivity contribution in [3.63, 3.8) is 0 Å². The molecule has 1 aromatic rings. The average Bonchev–Trinajstić information content (AvgIpc) is 2.87. The van der Waals surface area contributed by atoms with Crippen molar-refractivity contribution in [2.75, 3.05) is 19.8 Å². The molecule has 1 unspecified atom stereocenters. The normalized spacial score (nSPS) is 21.9. The minimum Gasteiger partial charge on any atom is -0.494 e. The Labute approximate surface area is 129 Å². The van der Waals surface area contributed by atoms with Crippen LogP contribution in [0.25, 0.3) is 0 Å². The van der Waals surface area contributed by atoms with Crippen LogP contribution < -0.4 is 10.1 Å². The van der Waals surface area contributed by atoms with Crippen LogP contribution in [0.15, 0.2) is 24.3 Å². The van der Waals surface area contributed by atoms with Gasteiger partial charge in [-0.2, -0.15) is 0 Å². The zero-order valence-electron chi connectivity index (χ0n) is 13.7. The van der Waals surface area contributed by atoms with Gasteiger partial charge < -0.3 is 14.8 Å². The number of hydrogen-bond acceptors (Lipinski definition) is 3. The molecule has 1 fully saturated rings. The molecule has 0 spiro atoms. The van der Waals surface area contributed by atoms with Crippen molar-refractivity contribution in [1.82, 2.24) is 5.32 Å². The monoisotopic (exact) mass is 291 g/mol. The average molecular weight is 291 g/mol. The lowest BCUT2D eigenvalue weighted by atomic mass is 10.0. The first kappa shape index (κ1) is 16.3. The first-order chi connectivity index (χ1) is 10.1. The Balaban J connectivity index is 1.69. The highest BCUT2D eigenvalue weighted by Gasteiger charge is 2.28. The van der Waals surface area contributed by atoms with Crippen LogP contribution in [0.4, 0.5) is 0 Å². The second-order valence-corrected chi connectivity index (χ2v) is 6.68. The van der Waals surface area contributed by atoms with Crippen LogP contribution >= 0.6 is 0 Å². The van der Waals surface area contributed by atoms with Gasteiger partial charge in [0.1, 0.15) is 5.75 Å². The summed E-state index contributed by atoms with van der Waals surface area (Å²) in [6, 6.07) is 8.39. The lowest BCUT2D eigenvalue weighted by Gasteiger charge is -2.23. The number of ether oxygens (including phenoxy) is 2. The third kappa shape index (κ3) is 5.68.